The van der Waals surface area contributed by atoms with E-state index in [0.29, 0.717) is 12.2 Å². The summed E-state index contributed by atoms with van der Waals surface area (Å²) in [7, 11) is 0. The predicted octanol–water partition coefficient (Wildman–Crippen LogP) is 1.97. The van der Waals surface area contributed by atoms with Gasteiger partial charge in [-0.15, -0.1) is 0 Å². The van der Waals surface area contributed by atoms with E-state index < -0.39 is 0 Å². The minimum atomic E-state index is 0.355. The van der Waals surface area contributed by atoms with E-state index in [1.54, 1.807) is 0 Å². The van der Waals surface area contributed by atoms with Gasteiger partial charge in [-0.25, -0.2) is 0 Å². The van der Waals surface area contributed by atoms with Crippen LogP contribution in [0.1, 0.15) is 32.6 Å². The normalized spacial score (nSPS) is 9.25. The zero-order chi connectivity index (χ0) is 6.41. The van der Waals surface area contributed by atoms with E-state index in [4.69, 9.17) is 0 Å². The molecule has 0 aromatic heterocycles. The summed E-state index contributed by atoms with van der Waals surface area (Å²) < 4.78 is 0. The van der Waals surface area contributed by atoms with Gasteiger partial charge in [0, 0.05) is 12.8 Å². The highest BCUT2D eigenvalue weighted by atomic mass is 16.1. The summed E-state index contributed by atoms with van der Waals surface area (Å²) in [4.78, 5) is 10.5. The molecule has 0 aliphatic carbocycles. The van der Waals surface area contributed by atoms with Crippen molar-refractivity contribution in [1.82, 2.24) is 0 Å². The fourth-order valence-corrected chi connectivity index (χ4v) is 0.499. The number of hydrogen-bond acceptors (Lipinski definition) is 1. The summed E-state index contributed by atoms with van der Waals surface area (Å²) in [5.41, 5.74) is 0. The van der Waals surface area contributed by atoms with Crippen LogP contribution in [0.5, 0.6) is 0 Å². The number of hydrogen-bond donors (Lipinski definition) is 0. The smallest absolute Gasteiger partial charge is 0.132 e. The standard InChI is InChI=1S/C7H13O/c1-3-5-6-7(8)4-2/h1,3-6H2,2H3. The summed E-state index contributed by atoms with van der Waals surface area (Å²) in [6.45, 7) is 5.53. The minimum Gasteiger partial charge on any atom is -0.300 e. The Morgan fingerprint density at radius 1 is 1.62 bits per heavy atom. The molecule has 0 atom stereocenters. The van der Waals surface area contributed by atoms with Gasteiger partial charge in [0.25, 0.3) is 0 Å². The molecule has 0 rings (SSSR count). The van der Waals surface area contributed by atoms with E-state index in [2.05, 4.69) is 6.92 Å². The molecule has 1 nitrogen and oxygen atoms in total. The largest absolute Gasteiger partial charge is 0.300 e. The van der Waals surface area contributed by atoms with E-state index in [-0.39, 0.29) is 0 Å². The van der Waals surface area contributed by atoms with Gasteiger partial charge >= 0.3 is 0 Å². The molecule has 1 radical (unpaired) electrons. The highest BCUT2D eigenvalue weighted by Crippen LogP contribution is 1.96. The van der Waals surface area contributed by atoms with Crippen molar-refractivity contribution in [3.63, 3.8) is 0 Å². The number of Topliss-reactive ketones (excluding diaryl/α,β-unsaturated/α-hetero) is 1. The molecule has 0 aliphatic heterocycles. The predicted molar refractivity (Wildman–Crippen MR) is 34.5 cm³/mol. The zero-order valence-corrected chi connectivity index (χ0v) is 5.44. The van der Waals surface area contributed by atoms with Crippen LogP contribution in [0.2, 0.25) is 0 Å². The molecule has 0 saturated carbocycles. The average molecular weight is 113 g/mol. The SMILES string of the molecule is [CH2]CCCC(=O)CC. The van der Waals surface area contributed by atoms with Crippen LogP contribution in [-0.4, -0.2) is 5.78 Å². The molecule has 0 saturated heterocycles. The Kier molecular flexibility index (Phi) is 4.62. The molecule has 0 spiro atoms. The molecule has 0 aromatic rings. The van der Waals surface area contributed by atoms with Crippen LogP contribution in [0.3, 0.4) is 0 Å². The Morgan fingerprint density at radius 3 is 2.62 bits per heavy atom. The molecule has 8 heavy (non-hydrogen) atoms. The number of carbonyl (C=O) groups is 1. The molecule has 0 aromatic carbocycles. The van der Waals surface area contributed by atoms with E-state index in [1.165, 1.54) is 0 Å². The van der Waals surface area contributed by atoms with Gasteiger partial charge in [0.2, 0.25) is 0 Å². The second-order valence-electron chi connectivity index (χ2n) is 1.85. The lowest BCUT2D eigenvalue weighted by atomic mass is 10.1. The van der Waals surface area contributed by atoms with Gasteiger partial charge in [0.1, 0.15) is 5.78 Å². The summed E-state index contributed by atoms with van der Waals surface area (Å²) >= 11 is 0. The maximum Gasteiger partial charge on any atom is 0.132 e. The first-order chi connectivity index (χ1) is 3.81. The highest BCUT2D eigenvalue weighted by molar-refractivity contribution is 5.77. The van der Waals surface area contributed by atoms with Crippen molar-refractivity contribution < 1.29 is 4.79 Å². The maximum atomic E-state index is 10.5. The molecular weight excluding hydrogens is 100 g/mol. The topological polar surface area (TPSA) is 17.1 Å². The minimum absolute atomic E-state index is 0.355. The Balaban J connectivity index is 2.99. The van der Waals surface area contributed by atoms with Crippen molar-refractivity contribution in [2.75, 3.05) is 0 Å². The van der Waals surface area contributed by atoms with Crippen molar-refractivity contribution in [3.05, 3.63) is 6.92 Å². The van der Waals surface area contributed by atoms with Gasteiger partial charge in [-0.1, -0.05) is 20.3 Å². The van der Waals surface area contributed by atoms with Gasteiger partial charge in [-0.3, -0.25) is 4.79 Å². The summed E-state index contributed by atoms with van der Waals surface area (Å²) in [5, 5.41) is 0. The van der Waals surface area contributed by atoms with E-state index in [9.17, 15) is 4.79 Å². The van der Waals surface area contributed by atoms with Gasteiger partial charge in [-0.2, -0.15) is 0 Å². The molecule has 1 heteroatoms. The molecule has 0 unspecified atom stereocenters. The fourth-order valence-electron chi connectivity index (χ4n) is 0.499. The molecule has 0 fully saturated rings. The fraction of sp³-hybridized carbons (Fsp3) is 0.714. The zero-order valence-electron chi connectivity index (χ0n) is 5.44. The Bertz CT molecular complexity index is 66.8. The van der Waals surface area contributed by atoms with Crippen LogP contribution in [0.15, 0.2) is 0 Å². The lowest BCUT2D eigenvalue weighted by molar-refractivity contribution is -0.118. The third kappa shape index (κ3) is 3.85. The van der Waals surface area contributed by atoms with Crippen LogP contribution in [0, 0.1) is 6.92 Å². The molecule has 0 N–H and O–H groups in total. The van der Waals surface area contributed by atoms with Crippen molar-refractivity contribution in [3.8, 4) is 0 Å². The first-order valence-corrected chi connectivity index (χ1v) is 3.12. The summed E-state index contributed by atoms with van der Waals surface area (Å²) in [6.07, 6.45) is 3.23. The van der Waals surface area contributed by atoms with Crippen LogP contribution >= 0.6 is 0 Å². The molecular formula is C7H13O. The van der Waals surface area contributed by atoms with Crippen LogP contribution in [0.25, 0.3) is 0 Å². The lowest BCUT2D eigenvalue weighted by Gasteiger charge is -1.91. The Labute approximate surface area is 51.1 Å². The Morgan fingerprint density at radius 2 is 2.25 bits per heavy atom. The van der Waals surface area contributed by atoms with Gasteiger partial charge < -0.3 is 0 Å². The van der Waals surface area contributed by atoms with Gasteiger partial charge in [-0.05, 0) is 6.42 Å². The quantitative estimate of drug-likeness (QED) is 0.544. The van der Waals surface area contributed by atoms with Crippen molar-refractivity contribution in [1.29, 1.82) is 0 Å². The summed E-state index contributed by atoms with van der Waals surface area (Å²) in [6, 6.07) is 0. The van der Waals surface area contributed by atoms with Crippen LogP contribution in [-0.2, 0) is 4.79 Å². The van der Waals surface area contributed by atoms with Crippen molar-refractivity contribution in [2.45, 2.75) is 32.6 Å². The van der Waals surface area contributed by atoms with Crippen LogP contribution in [0.4, 0.5) is 0 Å². The summed E-state index contributed by atoms with van der Waals surface area (Å²) in [5.74, 6) is 0.355. The van der Waals surface area contributed by atoms with Crippen LogP contribution < -0.4 is 0 Å². The maximum absolute atomic E-state index is 10.5. The molecule has 0 aliphatic rings. The lowest BCUT2D eigenvalue weighted by Crippen LogP contribution is -1.92. The molecule has 0 bridgehead atoms. The number of ketones is 1. The first kappa shape index (κ1) is 7.67. The molecule has 0 heterocycles. The third-order valence-electron chi connectivity index (χ3n) is 1.10. The number of rotatable bonds is 4. The van der Waals surface area contributed by atoms with Crippen molar-refractivity contribution in [2.24, 2.45) is 0 Å². The number of unbranched alkanes of at least 4 members (excludes halogenated alkanes) is 1. The first-order valence-electron chi connectivity index (χ1n) is 3.12. The second kappa shape index (κ2) is 4.82. The Hall–Kier alpha value is -0.330. The molecule has 0 amide bonds. The molecule has 47 valence electrons. The third-order valence-corrected chi connectivity index (χ3v) is 1.10. The van der Waals surface area contributed by atoms with E-state index in [0.717, 1.165) is 19.3 Å². The average Bonchev–Trinajstić information content (AvgIpc) is 1.83. The van der Waals surface area contributed by atoms with E-state index >= 15 is 0 Å². The van der Waals surface area contributed by atoms with Gasteiger partial charge in [0.05, 0.1) is 0 Å². The second-order valence-corrected chi connectivity index (χ2v) is 1.85. The monoisotopic (exact) mass is 113 g/mol. The highest BCUT2D eigenvalue weighted by Gasteiger charge is 1.93. The van der Waals surface area contributed by atoms with Gasteiger partial charge in [0.15, 0.2) is 0 Å². The van der Waals surface area contributed by atoms with E-state index in [1.807, 2.05) is 6.92 Å². The van der Waals surface area contributed by atoms with Crippen molar-refractivity contribution >= 4 is 5.78 Å². The number of carbonyl (C=O) groups excluding carboxylic acids is 1.